The third-order valence-corrected chi connectivity index (χ3v) is 3.10. The van der Waals surface area contributed by atoms with Gasteiger partial charge in [0.2, 0.25) is 0 Å². The van der Waals surface area contributed by atoms with Crippen LogP contribution in [0, 0.1) is 11.3 Å². The molecule has 0 fully saturated rings. The molecule has 0 radical (unpaired) electrons. The average molecular weight is 225 g/mol. The van der Waals surface area contributed by atoms with Crippen LogP contribution >= 0.6 is 0 Å². The van der Waals surface area contributed by atoms with Gasteiger partial charge in [-0.1, -0.05) is 18.2 Å². The van der Waals surface area contributed by atoms with Gasteiger partial charge >= 0.3 is 0 Å². The molecular weight excluding hydrogens is 214 g/mol. The Balaban J connectivity index is 3.03. The summed E-state index contributed by atoms with van der Waals surface area (Å²) in [6, 6.07) is 9.49. The van der Waals surface area contributed by atoms with Gasteiger partial charge in [-0.25, -0.2) is 4.18 Å². The van der Waals surface area contributed by atoms with Crippen molar-refractivity contribution < 1.29 is 12.6 Å². The van der Waals surface area contributed by atoms with Gasteiger partial charge in [-0.2, -0.15) is 13.7 Å². The first-order valence-corrected chi connectivity index (χ1v) is 5.70. The van der Waals surface area contributed by atoms with Crippen LogP contribution < -0.4 is 0 Å². The molecule has 1 aromatic carbocycles. The molecule has 0 N–H and O–H groups in total. The first kappa shape index (κ1) is 11.7. The van der Waals surface area contributed by atoms with E-state index in [-0.39, 0.29) is 4.90 Å². The zero-order valence-corrected chi connectivity index (χ0v) is 9.28. The lowest BCUT2D eigenvalue weighted by atomic mass is 10.2. The molecule has 0 unspecified atom stereocenters. The van der Waals surface area contributed by atoms with Crippen molar-refractivity contribution in [3.8, 4) is 6.07 Å². The van der Waals surface area contributed by atoms with Crippen LogP contribution in [-0.4, -0.2) is 14.0 Å². The fourth-order valence-electron chi connectivity index (χ4n) is 0.928. The summed E-state index contributed by atoms with van der Waals surface area (Å²) in [6.45, 7) is 2.79. The lowest BCUT2D eigenvalue weighted by Crippen LogP contribution is -2.26. The molecule has 1 aromatic rings. The van der Waals surface area contributed by atoms with Crippen molar-refractivity contribution in [2.45, 2.75) is 24.3 Å². The van der Waals surface area contributed by atoms with Crippen LogP contribution in [0.2, 0.25) is 0 Å². The van der Waals surface area contributed by atoms with Crippen molar-refractivity contribution in [1.82, 2.24) is 0 Å². The maximum Gasteiger partial charge on any atom is 0.298 e. The first-order valence-electron chi connectivity index (χ1n) is 4.29. The van der Waals surface area contributed by atoms with Gasteiger partial charge in [-0.05, 0) is 26.0 Å². The lowest BCUT2D eigenvalue weighted by Gasteiger charge is -2.15. The van der Waals surface area contributed by atoms with Crippen LogP contribution in [0.5, 0.6) is 0 Å². The molecule has 4 nitrogen and oxygen atoms in total. The fourth-order valence-corrected chi connectivity index (χ4v) is 2.10. The van der Waals surface area contributed by atoms with Gasteiger partial charge in [0.05, 0.1) is 11.0 Å². The molecular formula is C10H11NO3S. The summed E-state index contributed by atoms with van der Waals surface area (Å²) in [4.78, 5) is 0.0494. The van der Waals surface area contributed by atoms with Gasteiger partial charge < -0.3 is 0 Å². The maximum absolute atomic E-state index is 11.6. The van der Waals surface area contributed by atoms with E-state index in [0.717, 1.165) is 0 Å². The molecule has 0 bridgehead atoms. The summed E-state index contributed by atoms with van der Waals surface area (Å²) < 4.78 is 28.0. The lowest BCUT2D eigenvalue weighted by molar-refractivity contribution is 0.178. The van der Waals surface area contributed by atoms with Crippen molar-refractivity contribution in [2.75, 3.05) is 0 Å². The van der Waals surface area contributed by atoms with Gasteiger partial charge in [0.1, 0.15) is 0 Å². The summed E-state index contributed by atoms with van der Waals surface area (Å²) in [5.41, 5.74) is -1.35. The molecule has 5 heteroatoms. The highest BCUT2D eigenvalue weighted by Crippen LogP contribution is 2.18. The summed E-state index contributed by atoms with van der Waals surface area (Å²) in [6.07, 6.45) is 0. The number of nitriles is 1. The second-order valence-corrected chi connectivity index (χ2v) is 5.02. The Morgan fingerprint density at radius 3 is 2.27 bits per heavy atom. The molecule has 1 rings (SSSR count). The van der Waals surface area contributed by atoms with E-state index < -0.39 is 15.7 Å². The van der Waals surface area contributed by atoms with E-state index >= 15 is 0 Å². The predicted molar refractivity (Wildman–Crippen MR) is 54.4 cm³/mol. The van der Waals surface area contributed by atoms with E-state index in [1.807, 2.05) is 0 Å². The Bertz CT molecular complexity index is 471. The molecule has 15 heavy (non-hydrogen) atoms. The Labute approximate surface area is 89.2 Å². The maximum atomic E-state index is 11.6. The zero-order valence-electron chi connectivity index (χ0n) is 8.47. The molecule has 0 saturated carbocycles. The highest BCUT2D eigenvalue weighted by molar-refractivity contribution is 7.86. The first-order chi connectivity index (χ1) is 6.87. The molecule has 0 atom stereocenters. The van der Waals surface area contributed by atoms with Gasteiger partial charge in [-0.3, -0.25) is 0 Å². The number of hydrogen-bond donors (Lipinski definition) is 0. The highest BCUT2D eigenvalue weighted by atomic mass is 32.2. The second-order valence-electron chi connectivity index (χ2n) is 3.47. The van der Waals surface area contributed by atoms with Crippen molar-refractivity contribution in [2.24, 2.45) is 0 Å². The Morgan fingerprint density at radius 2 is 1.80 bits per heavy atom. The van der Waals surface area contributed by atoms with Crippen molar-refractivity contribution >= 4 is 10.1 Å². The fraction of sp³-hybridized carbons (Fsp3) is 0.300. The topological polar surface area (TPSA) is 67.2 Å². The van der Waals surface area contributed by atoms with E-state index in [4.69, 9.17) is 9.44 Å². The Morgan fingerprint density at radius 1 is 1.27 bits per heavy atom. The number of hydrogen-bond acceptors (Lipinski definition) is 4. The minimum Gasteiger partial charge on any atom is -0.245 e. The SMILES string of the molecule is CC(C)(C#N)OS(=O)(=O)c1ccccc1. The summed E-state index contributed by atoms with van der Waals surface area (Å²) in [5, 5.41) is 8.66. The molecule has 0 heterocycles. The van der Waals surface area contributed by atoms with Crippen LogP contribution in [-0.2, 0) is 14.3 Å². The van der Waals surface area contributed by atoms with Crippen LogP contribution in [0.15, 0.2) is 35.2 Å². The average Bonchev–Trinajstić information content (AvgIpc) is 2.18. The minimum atomic E-state index is -3.85. The smallest absolute Gasteiger partial charge is 0.245 e. The third kappa shape index (κ3) is 3.05. The molecule has 80 valence electrons. The molecule has 0 aliphatic carbocycles. The van der Waals surface area contributed by atoms with Crippen LogP contribution in [0.4, 0.5) is 0 Å². The number of benzene rings is 1. The highest BCUT2D eigenvalue weighted by Gasteiger charge is 2.27. The molecule has 0 spiro atoms. The van der Waals surface area contributed by atoms with E-state index in [0.29, 0.717) is 0 Å². The Hall–Kier alpha value is -1.38. The van der Waals surface area contributed by atoms with Gasteiger partial charge in [0.15, 0.2) is 5.60 Å². The zero-order chi connectivity index (χ0) is 11.5. The standard InChI is InChI=1S/C10H11NO3S/c1-10(2,8-11)14-15(12,13)9-6-4-3-5-7-9/h3-7H,1-2H3. The predicted octanol–water partition coefficient (Wildman–Crippen LogP) is 1.69. The number of nitrogens with zero attached hydrogens (tertiary/aromatic N) is 1. The quantitative estimate of drug-likeness (QED) is 0.734. The molecule has 0 aliphatic heterocycles. The van der Waals surface area contributed by atoms with E-state index in [9.17, 15) is 8.42 Å². The molecule has 0 saturated heterocycles. The van der Waals surface area contributed by atoms with Crippen LogP contribution in [0.3, 0.4) is 0 Å². The molecule has 0 aliphatic rings. The number of rotatable bonds is 3. The minimum absolute atomic E-state index is 0.0494. The molecule has 0 amide bonds. The summed E-state index contributed by atoms with van der Waals surface area (Å²) >= 11 is 0. The van der Waals surface area contributed by atoms with E-state index in [1.54, 1.807) is 24.3 Å². The summed E-state index contributed by atoms with van der Waals surface area (Å²) in [7, 11) is -3.85. The second kappa shape index (κ2) is 4.01. The van der Waals surface area contributed by atoms with Crippen molar-refractivity contribution in [1.29, 1.82) is 5.26 Å². The molecule has 0 aromatic heterocycles. The van der Waals surface area contributed by atoms with Crippen molar-refractivity contribution in [3.05, 3.63) is 30.3 Å². The van der Waals surface area contributed by atoms with Crippen LogP contribution in [0.25, 0.3) is 0 Å². The van der Waals surface area contributed by atoms with Crippen molar-refractivity contribution in [3.63, 3.8) is 0 Å². The largest absolute Gasteiger partial charge is 0.298 e. The summed E-state index contributed by atoms with van der Waals surface area (Å²) in [5.74, 6) is 0. The third-order valence-electron chi connectivity index (χ3n) is 1.62. The van der Waals surface area contributed by atoms with E-state index in [2.05, 4.69) is 0 Å². The van der Waals surface area contributed by atoms with Gasteiger partial charge in [-0.15, -0.1) is 0 Å². The van der Waals surface area contributed by atoms with Crippen LogP contribution in [0.1, 0.15) is 13.8 Å². The van der Waals surface area contributed by atoms with Gasteiger partial charge in [0.25, 0.3) is 10.1 Å². The van der Waals surface area contributed by atoms with Gasteiger partial charge in [0, 0.05) is 0 Å². The monoisotopic (exact) mass is 225 g/mol. The van der Waals surface area contributed by atoms with E-state index in [1.165, 1.54) is 26.0 Å². The normalized spacial score (nSPS) is 12.1. The Kier molecular flexibility index (Phi) is 3.12.